The van der Waals surface area contributed by atoms with Crippen LogP contribution in [0.4, 0.5) is 0 Å². The van der Waals surface area contributed by atoms with Crippen molar-refractivity contribution in [3.05, 3.63) is 12.7 Å². The minimum atomic E-state index is -0.726. The lowest BCUT2D eigenvalue weighted by molar-refractivity contribution is -0.0863. The van der Waals surface area contributed by atoms with Crippen LogP contribution >= 0.6 is 0 Å². The molecule has 0 heterocycles. The Morgan fingerprint density at radius 2 is 2.27 bits per heavy atom. The minimum absolute atomic E-state index is 0.372. The Morgan fingerprint density at radius 3 is 2.73 bits per heavy atom. The smallest absolute Gasteiger partial charge is 0.167 e. The van der Waals surface area contributed by atoms with Crippen molar-refractivity contribution in [2.75, 3.05) is 13.2 Å². The summed E-state index contributed by atoms with van der Waals surface area (Å²) >= 11 is 0. The van der Waals surface area contributed by atoms with Gasteiger partial charge in [0.1, 0.15) is 0 Å². The van der Waals surface area contributed by atoms with Crippen molar-refractivity contribution >= 4 is 0 Å². The first-order chi connectivity index (χ1) is 5.16. The Labute approximate surface area is 68.1 Å². The molecule has 0 saturated heterocycles. The van der Waals surface area contributed by atoms with Crippen molar-refractivity contribution < 1.29 is 9.84 Å². The van der Waals surface area contributed by atoms with Gasteiger partial charge in [-0.2, -0.15) is 0 Å². The Balaban J connectivity index is 3.21. The Morgan fingerprint density at radius 1 is 1.64 bits per heavy atom. The summed E-state index contributed by atoms with van der Waals surface area (Å²) in [4.78, 5) is 0. The highest BCUT2D eigenvalue weighted by Crippen LogP contribution is 1.86. The van der Waals surface area contributed by atoms with E-state index in [-0.39, 0.29) is 0 Å². The van der Waals surface area contributed by atoms with Crippen LogP contribution in [0, 0.1) is 0 Å². The molecule has 0 aromatic carbocycles. The number of rotatable bonds is 6. The average Bonchev–Trinajstić information content (AvgIpc) is 1.97. The Kier molecular flexibility index (Phi) is 6.12. The fourth-order valence-electron chi connectivity index (χ4n) is 0.575. The molecule has 0 amide bonds. The molecule has 3 nitrogen and oxygen atoms in total. The second-order valence-corrected chi connectivity index (χ2v) is 2.64. The molecular weight excluding hydrogens is 142 g/mol. The third-order valence-corrected chi connectivity index (χ3v) is 1.11. The van der Waals surface area contributed by atoms with Gasteiger partial charge in [-0.05, 0) is 0 Å². The Hall–Kier alpha value is -0.380. The van der Waals surface area contributed by atoms with E-state index in [1.807, 2.05) is 13.8 Å². The van der Waals surface area contributed by atoms with Crippen molar-refractivity contribution in [1.82, 2.24) is 5.32 Å². The van der Waals surface area contributed by atoms with Crippen LogP contribution in [0.1, 0.15) is 13.8 Å². The van der Waals surface area contributed by atoms with Gasteiger partial charge in [-0.1, -0.05) is 19.9 Å². The highest BCUT2D eigenvalue weighted by atomic mass is 16.6. The molecule has 0 spiro atoms. The highest BCUT2D eigenvalue weighted by Gasteiger charge is 2.02. The van der Waals surface area contributed by atoms with Gasteiger partial charge in [-0.3, -0.25) is 0 Å². The van der Waals surface area contributed by atoms with E-state index in [0.29, 0.717) is 19.2 Å². The standard InChI is InChI=1S/C8H17NO2/c1-4-5-11-8(10)6-9-7(2)3/h4,7-10H,1,5-6H2,2-3H3. The van der Waals surface area contributed by atoms with E-state index in [4.69, 9.17) is 9.84 Å². The molecule has 0 aliphatic heterocycles. The van der Waals surface area contributed by atoms with Crippen LogP contribution in [0.5, 0.6) is 0 Å². The largest absolute Gasteiger partial charge is 0.367 e. The van der Waals surface area contributed by atoms with E-state index < -0.39 is 6.29 Å². The van der Waals surface area contributed by atoms with Gasteiger partial charge in [0.15, 0.2) is 6.29 Å². The van der Waals surface area contributed by atoms with Crippen LogP contribution in [0.3, 0.4) is 0 Å². The van der Waals surface area contributed by atoms with Crippen molar-refractivity contribution in [3.63, 3.8) is 0 Å². The molecule has 2 N–H and O–H groups in total. The first-order valence-corrected chi connectivity index (χ1v) is 3.80. The summed E-state index contributed by atoms with van der Waals surface area (Å²) in [6.45, 7) is 8.35. The molecule has 1 unspecified atom stereocenters. The molecule has 0 radical (unpaired) electrons. The predicted molar refractivity (Wildman–Crippen MR) is 45.3 cm³/mol. The number of ether oxygens (including phenoxy) is 1. The average molecular weight is 159 g/mol. The molecule has 0 bridgehead atoms. The zero-order valence-electron chi connectivity index (χ0n) is 7.21. The quantitative estimate of drug-likeness (QED) is 0.438. The van der Waals surface area contributed by atoms with Gasteiger partial charge in [0, 0.05) is 12.6 Å². The van der Waals surface area contributed by atoms with E-state index >= 15 is 0 Å². The number of nitrogens with one attached hydrogen (secondary N) is 1. The van der Waals surface area contributed by atoms with Gasteiger partial charge in [0.05, 0.1) is 6.61 Å². The molecule has 66 valence electrons. The normalized spacial score (nSPS) is 13.5. The maximum absolute atomic E-state index is 9.10. The summed E-state index contributed by atoms with van der Waals surface area (Å²) in [7, 11) is 0. The summed E-state index contributed by atoms with van der Waals surface area (Å²) in [6, 6.07) is 0.372. The minimum Gasteiger partial charge on any atom is -0.367 e. The third-order valence-electron chi connectivity index (χ3n) is 1.11. The second kappa shape index (κ2) is 6.34. The summed E-state index contributed by atoms with van der Waals surface area (Å²) < 4.78 is 4.92. The zero-order chi connectivity index (χ0) is 8.69. The van der Waals surface area contributed by atoms with Crippen molar-refractivity contribution in [2.24, 2.45) is 0 Å². The second-order valence-electron chi connectivity index (χ2n) is 2.64. The zero-order valence-corrected chi connectivity index (χ0v) is 7.21. The lowest BCUT2D eigenvalue weighted by Crippen LogP contribution is -2.33. The highest BCUT2D eigenvalue weighted by molar-refractivity contribution is 4.65. The lowest BCUT2D eigenvalue weighted by atomic mass is 10.4. The maximum Gasteiger partial charge on any atom is 0.167 e. The summed E-state index contributed by atoms with van der Waals surface area (Å²) in [5.74, 6) is 0. The van der Waals surface area contributed by atoms with Crippen molar-refractivity contribution in [1.29, 1.82) is 0 Å². The number of aliphatic hydroxyl groups is 1. The SMILES string of the molecule is C=CCOC(O)CNC(C)C. The molecule has 0 fully saturated rings. The van der Waals surface area contributed by atoms with E-state index in [2.05, 4.69) is 11.9 Å². The molecule has 0 aliphatic rings. The summed E-state index contributed by atoms with van der Waals surface area (Å²) in [6.07, 6.45) is 0.883. The van der Waals surface area contributed by atoms with Gasteiger partial charge in [-0.15, -0.1) is 6.58 Å². The lowest BCUT2D eigenvalue weighted by Gasteiger charge is -2.13. The van der Waals surface area contributed by atoms with Gasteiger partial charge < -0.3 is 15.2 Å². The van der Waals surface area contributed by atoms with Crippen LogP contribution < -0.4 is 5.32 Å². The number of hydrogen-bond acceptors (Lipinski definition) is 3. The van der Waals surface area contributed by atoms with Gasteiger partial charge in [-0.25, -0.2) is 0 Å². The van der Waals surface area contributed by atoms with Crippen LogP contribution in [0.15, 0.2) is 12.7 Å². The van der Waals surface area contributed by atoms with Crippen LogP contribution in [-0.2, 0) is 4.74 Å². The van der Waals surface area contributed by atoms with Crippen molar-refractivity contribution in [2.45, 2.75) is 26.2 Å². The van der Waals surface area contributed by atoms with E-state index in [9.17, 15) is 0 Å². The van der Waals surface area contributed by atoms with Gasteiger partial charge in [0.2, 0.25) is 0 Å². The van der Waals surface area contributed by atoms with Crippen LogP contribution in [-0.4, -0.2) is 30.6 Å². The molecule has 11 heavy (non-hydrogen) atoms. The molecule has 0 aromatic rings. The Bertz CT molecular complexity index is 104. The molecule has 1 atom stereocenters. The maximum atomic E-state index is 9.10. The molecule has 0 aliphatic carbocycles. The topological polar surface area (TPSA) is 41.5 Å². The van der Waals surface area contributed by atoms with Gasteiger partial charge >= 0.3 is 0 Å². The fraction of sp³-hybridized carbons (Fsp3) is 0.750. The van der Waals surface area contributed by atoms with E-state index in [1.54, 1.807) is 6.08 Å². The molecule has 3 heteroatoms. The predicted octanol–water partition coefficient (Wildman–Crippen LogP) is 0.505. The van der Waals surface area contributed by atoms with Gasteiger partial charge in [0.25, 0.3) is 0 Å². The third kappa shape index (κ3) is 7.52. The number of aliphatic hydroxyl groups excluding tert-OH is 1. The molecular formula is C8H17NO2. The summed E-state index contributed by atoms with van der Waals surface area (Å²) in [5.41, 5.74) is 0. The fourth-order valence-corrected chi connectivity index (χ4v) is 0.575. The van der Waals surface area contributed by atoms with E-state index in [0.717, 1.165) is 0 Å². The van der Waals surface area contributed by atoms with Crippen LogP contribution in [0.25, 0.3) is 0 Å². The first kappa shape index (κ1) is 10.6. The van der Waals surface area contributed by atoms with Crippen LogP contribution in [0.2, 0.25) is 0 Å². The number of hydrogen-bond donors (Lipinski definition) is 2. The molecule has 0 aromatic heterocycles. The first-order valence-electron chi connectivity index (χ1n) is 3.80. The summed E-state index contributed by atoms with van der Waals surface area (Å²) in [5, 5.41) is 12.1. The van der Waals surface area contributed by atoms with Crippen molar-refractivity contribution in [3.8, 4) is 0 Å². The molecule has 0 saturated carbocycles. The van der Waals surface area contributed by atoms with E-state index in [1.165, 1.54) is 0 Å². The monoisotopic (exact) mass is 159 g/mol. The molecule has 0 rings (SSSR count).